The van der Waals surface area contributed by atoms with Crippen LogP contribution < -0.4 is 0 Å². The van der Waals surface area contributed by atoms with Gasteiger partial charge in [-0.1, -0.05) is 26.8 Å². The van der Waals surface area contributed by atoms with E-state index in [9.17, 15) is 0 Å². The third-order valence-electron chi connectivity index (χ3n) is 3.51. The number of rotatable bonds is 3. The second kappa shape index (κ2) is 5.84. The van der Waals surface area contributed by atoms with Gasteiger partial charge in [0.25, 0.3) is 0 Å². The number of nitrogens with zero attached hydrogens (tertiary/aromatic N) is 2. The molecule has 0 aliphatic carbocycles. The summed E-state index contributed by atoms with van der Waals surface area (Å²) in [7, 11) is 0. The third kappa shape index (κ3) is 3.96. The molecule has 0 unspecified atom stereocenters. The molecule has 1 aliphatic heterocycles. The lowest BCUT2D eigenvalue weighted by atomic mass is 10.1. The van der Waals surface area contributed by atoms with Crippen LogP contribution in [0.15, 0.2) is 23.4 Å². The molecule has 0 radical (unpaired) electrons. The molecule has 106 valence electrons. The monoisotopic (exact) mass is 278 g/mol. The molecule has 0 N–H and O–H groups in total. The zero-order valence-electron chi connectivity index (χ0n) is 12.8. The van der Waals surface area contributed by atoms with Crippen molar-refractivity contribution in [2.75, 3.05) is 6.54 Å². The van der Waals surface area contributed by atoms with Crippen LogP contribution in [0, 0.1) is 0 Å². The number of likely N-dealkylation sites (tertiary alicyclic amines) is 1. The standard InChI is InChI=1S/C16H26N2S/c1-12(2)18-10-6-7-14(18)13-8-9-15(17-11-13)19-16(3,4)5/h8-9,11-12,14H,6-7,10H2,1-5H3/t14-/m1/s1. The van der Waals surface area contributed by atoms with Crippen LogP contribution in [0.5, 0.6) is 0 Å². The van der Waals surface area contributed by atoms with Crippen LogP contribution in [-0.4, -0.2) is 27.2 Å². The Balaban J connectivity index is 2.10. The largest absolute Gasteiger partial charge is 0.294 e. The summed E-state index contributed by atoms with van der Waals surface area (Å²) in [5, 5.41) is 1.13. The molecule has 1 saturated heterocycles. The van der Waals surface area contributed by atoms with E-state index in [2.05, 4.69) is 62.8 Å². The highest BCUT2D eigenvalue weighted by molar-refractivity contribution is 8.00. The summed E-state index contributed by atoms with van der Waals surface area (Å²) >= 11 is 1.83. The second-order valence-corrected chi connectivity index (χ2v) is 8.48. The number of hydrogen-bond acceptors (Lipinski definition) is 3. The Morgan fingerprint density at radius 3 is 2.58 bits per heavy atom. The van der Waals surface area contributed by atoms with Crippen molar-refractivity contribution in [3.05, 3.63) is 23.9 Å². The molecule has 2 nitrogen and oxygen atoms in total. The first kappa shape index (κ1) is 14.9. The fourth-order valence-corrected chi connectivity index (χ4v) is 3.60. The number of hydrogen-bond donors (Lipinski definition) is 0. The molecule has 1 fully saturated rings. The van der Waals surface area contributed by atoms with E-state index >= 15 is 0 Å². The Bertz CT molecular complexity index is 406. The van der Waals surface area contributed by atoms with E-state index in [0.717, 1.165) is 5.03 Å². The van der Waals surface area contributed by atoms with Gasteiger partial charge in [-0.2, -0.15) is 0 Å². The average Bonchev–Trinajstić information content (AvgIpc) is 2.76. The Kier molecular flexibility index (Phi) is 4.57. The summed E-state index contributed by atoms with van der Waals surface area (Å²) in [5.74, 6) is 0. The summed E-state index contributed by atoms with van der Waals surface area (Å²) in [6.07, 6.45) is 4.66. The topological polar surface area (TPSA) is 16.1 Å². The van der Waals surface area contributed by atoms with Crippen molar-refractivity contribution in [3.8, 4) is 0 Å². The van der Waals surface area contributed by atoms with E-state index in [1.165, 1.54) is 24.9 Å². The minimum absolute atomic E-state index is 0.228. The minimum atomic E-state index is 0.228. The lowest BCUT2D eigenvalue weighted by Gasteiger charge is -2.28. The van der Waals surface area contributed by atoms with Gasteiger partial charge in [0.05, 0.1) is 5.03 Å². The summed E-state index contributed by atoms with van der Waals surface area (Å²) in [6, 6.07) is 5.64. The molecule has 1 atom stereocenters. The fraction of sp³-hybridized carbons (Fsp3) is 0.688. The van der Waals surface area contributed by atoms with Gasteiger partial charge in [-0.15, -0.1) is 11.8 Å². The lowest BCUT2D eigenvalue weighted by Crippen LogP contribution is -2.30. The maximum Gasteiger partial charge on any atom is 0.0965 e. The first-order chi connectivity index (χ1) is 8.87. The lowest BCUT2D eigenvalue weighted by molar-refractivity contribution is 0.205. The maximum atomic E-state index is 4.64. The molecule has 1 aromatic heterocycles. The normalized spacial score (nSPS) is 21.3. The summed E-state index contributed by atoms with van der Waals surface area (Å²) in [5.41, 5.74) is 1.38. The Morgan fingerprint density at radius 1 is 1.32 bits per heavy atom. The van der Waals surface area contributed by atoms with Gasteiger partial charge in [0.15, 0.2) is 0 Å². The average molecular weight is 278 g/mol. The molecule has 2 rings (SSSR count). The molecule has 0 spiro atoms. The van der Waals surface area contributed by atoms with Gasteiger partial charge in [0.1, 0.15) is 0 Å². The third-order valence-corrected chi connectivity index (χ3v) is 4.58. The van der Waals surface area contributed by atoms with Gasteiger partial charge in [-0.25, -0.2) is 4.98 Å². The molecule has 0 saturated carbocycles. The van der Waals surface area contributed by atoms with Gasteiger partial charge in [0.2, 0.25) is 0 Å². The van der Waals surface area contributed by atoms with Crippen LogP contribution in [-0.2, 0) is 0 Å². The summed E-state index contributed by atoms with van der Waals surface area (Å²) < 4.78 is 0.228. The predicted molar refractivity (Wildman–Crippen MR) is 83.7 cm³/mol. The van der Waals surface area contributed by atoms with Crippen LogP contribution in [0.25, 0.3) is 0 Å². The van der Waals surface area contributed by atoms with E-state index < -0.39 is 0 Å². The van der Waals surface area contributed by atoms with Crippen LogP contribution in [0.2, 0.25) is 0 Å². The first-order valence-corrected chi connectivity index (χ1v) is 8.09. The number of aromatic nitrogens is 1. The van der Waals surface area contributed by atoms with Crippen LogP contribution >= 0.6 is 11.8 Å². The second-order valence-electron chi connectivity index (χ2n) is 6.63. The smallest absolute Gasteiger partial charge is 0.0965 e. The molecule has 0 aromatic carbocycles. The highest BCUT2D eigenvalue weighted by Gasteiger charge is 2.28. The van der Waals surface area contributed by atoms with Crippen molar-refractivity contribution in [2.24, 2.45) is 0 Å². The molecule has 1 aromatic rings. The van der Waals surface area contributed by atoms with Gasteiger partial charge in [0, 0.05) is 23.0 Å². The fourth-order valence-electron chi connectivity index (χ4n) is 2.73. The van der Waals surface area contributed by atoms with Crippen molar-refractivity contribution in [3.63, 3.8) is 0 Å². The molecule has 19 heavy (non-hydrogen) atoms. The highest BCUT2D eigenvalue weighted by Crippen LogP contribution is 2.35. The van der Waals surface area contributed by atoms with Gasteiger partial charge in [-0.3, -0.25) is 4.90 Å². The molecular formula is C16H26N2S. The van der Waals surface area contributed by atoms with Crippen LogP contribution in [0.3, 0.4) is 0 Å². The van der Waals surface area contributed by atoms with Gasteiger partial charge in [-0.05, 0) is 44.9 Å². The SMILES string of the molecule is CC(C)N1CCC[C@@H]1c1ccc(SC(C)(C)C)nc1. The predicted octanol–water partition coefficient (Wildman–Crippen LogP) is 4.52. The minimum Gasteiger partial charge on any atom is -0.294 e. The molecule has 0 bridgehead atoms. The van der Waals surface area contributed by atoms with E-state index in [4.69, 9.17) is 0 Å². The Labute approximate surface area is 122 Å². The first-order valence-electron chi connectivity index (χ1n) is 7.27. The van der Waals surface area contributed by atoms with Crippen molar-refractivity contribution >= 4 is 11.8 Å². The van der Waals surface area contributed by atoms with Gasteiger partial charge < -0.3 is 0 Å². The van der Waals surface area contributed by atoms with Crippen molar-refractivity contribution in [2.45, 2.75) is 69.3 Å². The Hall–Kier alpha value is -0.540. The summed E-state index contributed by atoms with van der Waals surface area (Å²) in [4.78, 5) is 7.23. The molecule has 0 amide bonds. The van der Waals surface area contributed by atoms with E-state index in [-0.39, 0.29) is 4.75 Å². The molecule has 2 heterocycles. The van der Waals surface area contributed by atoms with E-state index in [1.807, 2.05) is 11.8 Å². The van der Waals surface area contributed by atoms with Crippen molar-refractivity contribution in [1.82, 2.24) is 9.88 Å². The van der Waals surface area contributed by atoms with E-state index in [0.29, 0.717) is 12.1 Å². The Morgan fingerprint density at radius 2 is 2.05 bits per heavy atom. The molecule has 1 aliphatic rings. The van der Waals surface area contributed by atoms with Crippen molar-refractivity contribution in [1.29, 1.82) is 0 Å². The zero-order chi connectivity index (χ0) is 14.0. The zero-order valence-corrected chi connectivity index (χ0v) is 13.6. The molecule has 3 heteroatoms. The maximum absolute atomic E-state index is 4.64. The van der Waals surface area contributed by atoms with Crippen LogP contribution in [0.1, 0.15) is 59.1 Å². The van der Waals surface area contributed by atoms with Crippen LogP contribution in [0.4, 0.5) is 0 Å². The van der Waals surface area contributed by atoms with E-state index in [1.54, 1.807) is 0 Å². The molecular weight excluding hydrogens is 252 g/mol. The number of thioether (sulfide) groups is 1. The quantitative estimate of drug-likeness (QED) is 0.756. The van der Waals surface area contributed by atoms with Crippen molar-refractivity contribution < 1.29 is 0 Å². The number of pyridine rings is 1. The highest BCUT2D eigenvalue weighted by atomic mass is 32.2. The van der Waals surface area contributed by atoms with Gasteiger partial charge >= 0.3 is 0 Å². The summed E-state index contributed by atoms with van der Waals surface area (Å²) in [6.45, 7) is 12.5.